The summed E-state index contributed by atoms with van der Waals surface area (Å²) in [4.78, 5) is 28.4. The zero-order valence-corrected chi connectivity index (χ0v) is 8.60. The smallest absolute Gasteiger partial charge is 0.314 e. The highest BCUT2D eigenvalue weighted by atomic mass is 35.5. The van der Waals surface area contributed by atoms with Crippen molar-refractivity contribution < 1.29 is 0 Å². The van der Waals surface area contributed by atoms with Gasteiger partial charge in [0.1, 0.15) is 0 Å². The van der Waals surface area contributed by atoms with Crippen LogP contribution in [0.2, 0.25) is 0 Å². The van der Waals surface area contributed by atoms with Crippen molar-refractivity contribution in [2.24, 2.45) is 0 Å². The molecule has 14 heavy (non-hydrogen) atoms. The third-order valence-electron chi connectivity index (χ3n) is 1.80. The van der Waals surface area contributed by atoms with Gasteiger partial charge in [-0.25, -0.2) is 4.79 Å². The van der Waals surface area contributed by atoms with Crippen LogP contribution >= 0.6 is 11.6 Å². The Hall–Kier alpha value is -1.07. The van der Waals surface area contributed by atoms with Crippen LogP contribution in [0.15, 0.2) is 15.8 Å². The van der Waals surface area contributed by atoms with Gasteiger partial charge in [-0.15, -0.1) is 11.6 Å². The second-order valence-corrected chi connectivity index (χ2v) is 3.40. The normalized spacial score (nSPS) is 10.8. The Balaban J connectivity index is 2.77. The van der Waals surface area contributed by atoms with E-state index < -0.39 is 5.69 Å². The Labute approximate surface area is 85.7 Å². The number of H-pyrrole nitrogens is 2. The minimum absolute atomic E-state index is 0.352. The van der Waals surface area contributed by atoms with Crippen molar-refractivity contribution in [3.8, 4) is 0 Å². The largest absolute Gasteiger partial charge is 0.325 e. The van der Waals surface area contributed by atoms with Crippen LogP contribution in [0, 0.1) is 0 Å². The molecule has 0 spiro atoms. The van der Waals surface area contributed by atoms with Crippen LogP contribution in [-0.2, 0) is 6.54 Å². The SMILES string of the molecule is CN(CCCl)Cc1c[nH]c(=O)[nH]c1=O. The number of aromatic nitrogens is 2. The molecule has 0 atom stereocenters. The molecule has 6 heteroatoms. The summed E-state index contributed by atoms with van der Waals surface area (Å²) in [6.07, 6.45) is 1.42. The molecule has 0 aliphatic rings. The van der Waals surface area contributed by atoms with Gasteiger partial charge in [-0.2, -0.15) is 0 Å². The zero-order valence-electron chi connectivity index (χ0n) is 7.84. The molecule has 1 heterocycles. The summed E-state index contributed by atoms with van der Waals surface area (Å²) in [5.74, 6) is 0.512. The number of halogens is 1. The van der Waals surface area contributed by atoms with Gasteiger partial charge in [-0.1, -0.05) is 0 Å². The van der Waals surface area contributed by atoms with Gasteiger partial charge >= 0.3 is 5.69 Å². The predicted molar refractivity (Wildman–Crippen MR) is 54.7 cm³/mol. The fourth-order valence-electron chi connectivity index (χ4n) is 1.07. The van der Waals surface area contributed by atoms with Crippen LogP contribution in [-0.4, -0.2) is 34.3 Å². The summed E-state index contributed by atoms with van der Waals surface area (Å²) >= 11 is 5.54. The molecule has 5 nitrogen and oxygen atoms in total. The molecule has 78 valence electrons. The van der Waals surface area contributed by atoms with E-state index in [4.69, 9.17) is 11.6 Å². The first-order valence-electron chi connectivity index (χ1n) is 4.19. The summed E-state index contributed by atoms with van der Waals surface area (Å²) in [7, 11) is 1.85. The van der Waals surface area contributed by atoms with E-state index in [1.54, 1.807) is 0 Å². The van der Waals surface area contributed by atoms with Crippen molar-refractivity contribution in [1.82, 2.24) is 14.9 Å². The summed E-state index contributed by atoms with van der Waals surface area (Å²) < 4.78 is 0. The average Bonchev–Trinajstić information content (AvgIpc) is 2.10. The van der Waals surface area contributed by atoms with E-state index in [0.29, 0.717) is 24.5 Å². The van der Waals surface area contributed by atoms with Crippen molar-refractivity contribution in [3.05, 3.63) is 32.6 Å². The van der Waals surface area contributed by atoms with E-state index in [2.05, 4.69) is 9.97 Å². The van der Waals surface area contributed by atoms with E-state index in [0.717, 1.165) is 0 Å². The van der Waals surface area contributed by atoms with Gasteiger partial charge in [0.2, 0.25) is 0 Å². The monoisotopic (exact) mass is 217 g/mol. The fraction of sp³-hybridized carbons (Fsp3) is 0.500. The van der Waals surface area contributed by atoms with Gasteiger partial charge in [0.05, 0.1) is 0 Å². The first-order chi connectivity index (χ1) is 6.63. The third-order valence-corrected chi connectivity index (χ3v) is 1.97. The van der Waals surface area contributed by atoms with Crippen LogP contribution in [0.3, 0.4) is 0 Å². The van der Waals surface area contributed by atoms with Crippen molar-refractivity contribution in [1.29, 1.82) is 0 Å². The lowest BCUT2D eigenvalue weighted by molar-refractivity contribution is 0.345. The van der Waals surface area contributed by atoms with Gasteiger partial charge in [-0.3, -0.25) is 9.78 Å². The highest BCUT2D eigenvalue weighted by Gasteiger charge is 2.03. The van der Waals surface area contributed by atoms with E-state index in [-0.39, 0.29) is 5.56 Å². The summed E-state index contributed by atoms with van der Waals surface area (Å²) in [5, 5.41) is 0. The Morgan fingerprint density at radius 2 is 2.21 bits per heavy atom. The number of nitrogens with zero attached hydrogens (tertiary/aromatic N) is 1. The highest BCUT2D eigenvalue weighted by Crippen LogP contribution is 1.93. The van der Waals surface area contributed by atoms with E-state index in [1.165, 1.54) is 6.20 Å². The third kappa shape index (κ3) is 3.01. The molecule has 1 rings (SSSR count). The van der Waals surface area contributed by atoms with Crippen molar-refractivity contribution in [3.63, 3.8) is 0 Å². The molecule has 1 aromatic heterocycles. The second kappa shape index (κ2) is 4.97. The average molecular weight is 218 g/mol. The van der Waals surface area contributed by atoms with Gasteiger partial charge in [0.25, 0.3) is 5.56 Å². The molecule has 0 unspecified atom stereocenters. The molecular formula is C8H12ClN3O2. The summed E-state index contributed by atoms with van der Waals surface area (Å²) in [5.41, 5.74) is -0.314. The molecule has 0 bridgehead atoms. The van der Waals surface area contributed by atoms with Crippen molar-refractivity contribution in [2.45, 2.75) is 6.54 Å². The number of rotatable bonds is 4. The van der Waals surface area contributed by atoms with Gasteiger partial charge in [0, 0.05) is 30.7 Å². The maximum absolute atomic E-state index is 11.2. The quantitative estimate of drug-likeness (QED) is 0.683. The first-order valence-corrected chi connectivity index (χ1v) is 4.72. The van der Waals surface area contributed by atoms with Crippen LogP contribution in [0.1, 0.15) is 5.56 Å². The van der Waals surface area contributed by atoms with E-state index in [1.807, 2.05) is 11.9 Å². The topological polar surface area (TPSA) is 69.0 Å². The molecule has 0 aliphatic heterocycles. The lowest BCUT2D eigenvalue weighted by Gasteiger charge is -2.13. The number of nitrogens with one attached hydrogen (secondary N) is 2. The Morgan fingerprint density at radius 3 is 2.79 bits per heavy atom. The molecule has 0 saturated heterocycles. The molecule has 0 aromatic carbocycles. The van der Waals surface area contributed by atoms with Crippen LogP contribution in [0.5, 0.6) is 0 Å². The molecule has 0 saturated carbocycles. The Bertz CT molecular complexity index is 398. The minimum atomic E-state index is -0.487. The maximum Gasteiger partial charge on any atom is 0.325 e. The fourth-order valence-corrected chi connectivity index (χ4v) is 1.36. The zero-order chi connectivity index (χ0) is 10.6. The minimum Gasteiger partial charge on any atom is -0.314 e. The van der Waals surface area contributed by atoms with Crippen molar-refractivity contribution in [2.75, 3.05) is 19.5 Å². The van der Waals surface area contributed by atoms with E-state index >= 15 is 0 Å². The summed E-state index contributed by atoms with van der Waals surface area (Å²) in [6.45, 7) is 1.17. The number of alkyl halides is 1. The maximum atomic E-state index is 11.2. The van der Waals surface area contributed by atoms with Gasteiger partial charge < -0.3 is 9.88 Å². The number of hydrogen-bond donors (Lipinski definition) is 2. The van der Waals surface area contributed by atoms with Crippen LogP contribution in [0.4, 0.5) is 0 Å². The summed E-state index contributed by atoms with van der Waals surface area (Å²) in [6, 6.07) is 0. The molecule has 2 N–H and O–H groups in total. The Kier molecular flexibility index (Phi) is 3.91. The molecule has 0 radical (unpaired) electrons. The molecule has 0 fully saturated rings. The molecule has 0 amide bonds. The lowest BCUT2D eigenvalue weighted by atomic mass is 10.3. The molecular weight excluding hydrogens is 206 g/mol. The molecule has 0 aliphatic carbocycles. The van der Waals surface area contributed by atoms with Crippen LogP contribution in [0.25, 0.3) is 0 Å². The van der Waals surface area contributed by atoms with Gasteiger partial charge in [-0.05, 0) is 7.05 Å². The van der Waals surface area contributed by atoms with Crippen molar-refractivity contribution >= 4 is 11.6 Å². The Morgan fingerprint density at radius 1 is 1.50 bits per heavy atom. The molecule has 1 aromatic rings. The lowest BCUT2D eigenvalue weighted by Crippen LogP contribution is -2.29. The first kappa shape index (κ1) is 11.0. The van der Waals surface area contributed by atoms with Crippen LogP contribution < -0.4 is 11.2 Å². The highest BCUT2D eigenvalue weighted by molar-refractivity contribution is 6.18. The van der Waals surface area contributed by atoms with Gasteiger partial charge in [0.15, 0.2) is 0 Å². The van der Waals surface area contributed by atoms with E-state index in [9.17, 15) is 9.59 Å². The standard InChI is InChI=1S/C8H12ClN3O2/c1-12(3-2-9)5-6-4-10-8(14)11-7(6)13/h4H,2-3,5H2,1H3,(H2,10,11,13,14). The number of hydrogen-bond acceptors (Lipinski definition) is 3. The second-order valence-electron chi connectivity index (χ2n) is 3.02. The number of aromatic amines is 2. The predicted octanol–water partition coefficient (Wildman–Crippen LogP) is -0.266.